The number of benzene rings is 1. The minimum absolute atomic E-state index is 0.0658. The first-order chi connectivity index (χ1) is 13.4. The standard InChI is InChI=1S/C20H22Cl2N4O2/c1-13-4-2-6-18(23-13)25-20(28)14-5-3-9-26(11-14)12-19(27)24-17-8-7-15(21)10-16(17)22/h2,4,6-8,10,14H,3,5,9,11-12H2,1H3,(H,24,27)(H,23,25,28). The molecular formula is C20H22Cl2N4O2. The quantitative estimate of drug-likeness (QED) is 0.766. The Morgan fingerprint density at radius 2 is 2.04 bits per heavy atom. The number of amides is 2. The number of aromatic nitrogens is 1. The number of piperidine rings is 1. The predicted molar refractivity (Wildman–Crippen MR) is 112 cm³/mol. The van der Waals surface area contributed by atoms with Gasteiger partial charge in [-0.3, -0.25) is 14.5 Å². The van der Waals surface area contributed by atoms with Gasteiger partial charge in [0.15, 0.2) is 0 Å². The van der Waals surface area contributed by atoms with Gasteiger partial charge >= 0.3 is 0 Å². The molecule has 1 aromatic carbocycles. The number of nitrogens with zero attached hydrogens (tertiary/aromatic N) is 2. The molecule has 2 amide bonds. The third kappa shape index (κ3) is 5.67. The van der Waals surface area contributed by atoms with E-state index in [1.807, 2.05) is 24.0 Å². The first-order valence-electron chi connectivity index (χ1n) is 9.12. The highest BCUT2D eigenvalue weighted by Gasteiger charge is 2.27. The van der Waals surface area contributed by atoms with Crippen molar-refractivity contribution in [2.24, 2.45) is 5.92 Å². The molecule has 1 aliphatic rings. The summed E-state index contributed by atoms with van der Waals surface area (Å²) >= 11 is 12.0. The highest BCUT2D eigenvalue weighted by molar-refractivity contribution is 6.36. The number of rotatable bonds is 5. The van der Waals surface area contributed by atoms with Gasteiger partial charge in [0.1, 0.15) is 5.82 Å². The molecule has 2 heterocycles. The number of carbonyl (C=O) groups is 2. The fourth-order valence-electron chi connectivity index (χ4n) is 3.24. The van der Waals surface area contributed by atoms with Crippen LogP contribution in [0.4, 0.5) is 11.5 Å². The van der Waals surface area contributed by atoms with E-state index >= 15 is 0 Å². The van der Waals surface area contributed by atoms with E-state index in [2.05, 4.69) is 15.6 Å². The van der Waals surface area contributed by atoms with Crippen LogP contribution in [0, 0.1) is 12.8 Å². The van der Waals surface area contributed by atoms with Crippen molar-refractivity contribution in [2.45, 2.75) is 19.8 Å². The summed E-state index contributed by atoms with van der Waals surface area (Å²) in [5.74, 6) is 0.134. The van der Waals surface area contributed by atoms with Gasteiger partial charge in [0, 0.05) is 17.3 Å². The lowest BCUT2D eigenvalue weighted by atomic mass is 9.97. The van der Waals surface area contributed by atoms with Crippen molar-refractivity contribution < 1.29 is 9.59 Å². The van der Waals surface area contributed by atoms with E-state index in [0.717, 1.165) is 25.1 Å². The summed E-state index contributed by atoms with van der Waals surface area (Å²) in [4.78, 5) is 31.2. The van der Waals surface area contributed by atoms with Crippen LogP contribution in [-0.4, -0.2) is 41.3 Å². The summed E-state index contributed by atoms with van der Waals surface area (Å²) in [6.45, 7) is 3.38. The van der Waals surface area contributed by atoms with Gasteiger partial charge in [-0.1, -0.05) is 29.3 Å². The Bertz CT molecular complexity index is 875. The van der Waals surface area contributed by atoms with Gasteiger partial charge < -0.3 is 10.6 Å². The molecule has 6 nitrogen and oxygen atoms in total. The second-order valence-corrected chi connectivity index (χ2v) is 7.74. The molecule has 1 aromatic heterocycles. The molecule has 1 fully saturated rings. The molecule has 0 aliphatic carbocycles. The van der Waals surface area contributed by atoms with Crippen LogP contribution >= 0.6 is 23.2 Å². The Labute approximate surface area is 174 Å². The second-order valence-electron chi connectivity index (χ2n) is 6.90. The normalized spacial score (nSPS) is 17.2. The van der Waals surface area contributed by atoms with Crippen LogP contribution in [0.1, 0.15) is 18.5 Å². The Kier molecular flexibility index (Phi) is 6.88. The number of nitrogens with one attached hydrogen (secondary N) is 2. The van der Waals surface area contributed by atoms with Gasteiger partial charge in [0.2, 0.25) is 11.8 Å². The third-order valence-corrected chi connectivity index (χ3v) is 5.14. The smallest absolute Gasteiger partial charge is 0.238 e. The van der Waals surface area contributed by atoms with Crippen LogP contribution in [-0.2, 0) is 9.59 Å². The molecule has 148 valence electrons. The van der Waals surface area contributed by atoms with Gasteiger partial charge in [-0.05, 0) is 56.6 Å². The van der Waals surface area contributed by atoms with Gasteiger partial charge in [-0.2, -0.15) is 0 Å². The van der Waals surface area contributed by atoms with Crippen LogP contribution in [0.15, 0.2) is 36.4 Å². The lowest BCUT2D eigenvalue weighted by Crippen LogP contribution is -2.44. The van der Waals surface area contributed by atoms with Crippen molar-refractivity contribution >= 4 is 46.5 Å². The topological polar surface area (TPSA) is 74.3 Å². The molecule has 0 saturated carbocycles. The van der Waals surface area contributed by atoms with Crippen LogP contribution in [0.2, 0.25) is 10.0 Å². The van der Waals surface area contributed by atoms with Crippen molar-refractivity contribution in [3.8, 4) is 0 Å². The Morgan fingerprint density at radius 1 is 1.21 bits per heavy atom. The third-order valence-electron chi connectivity index (χ3n) is 4.59. The van der Waals surface area contributed by atoms with E-state index in [0.29, 0.717) is 28.1 Å². The monoisotopic (exact) mass is 420 g/mol. The molecule has 0 spiro atoms. The van der Waals surface area contributed by atoms with E-state index < -0.39 is 0 Å². The van der Waals surface area contributed by atoms with E-state index in [4.69, 9.17) is 23.2 Å². The molecule has 1 unspecified atom stereocenters. The number of hydrogen-bond acceptors (Lipinski definition) is 4. The van der Waals surface area contributed by atoms with E-state index in [1.54, 1.807) is 24.3 Å². The predicted octanol–water partition coefficient (Wildman–Crippen LogP) is 3.99. The zero-order valence-electron chi connectivity index (χ0n) is 15.5. The molecular weight excluding hydrogens is 399 g/mol. The summed E-state index contributed by atoms with van der Waals surface area (Å²) in [7, 11) is 0. The first-order valence-corrected chi connectivity index (χ1v) is 9.88. The number of anilines is 2. The number of aryl methyl sites for hydroxylation is 1. The molecule has 1 aliphatic heterocycles. The summed E-state index contributed by atoms with van der Waals surface area (Å²) in [6.07, 6.45) is 1.65. The molecule has 3 rings (SSSR count). The number of carbonyl (C=O) groups excluding carboxylic acids is 2. The Morgan fingerprint density at radius 3 is 2.79 bits per heavy atom. The number of likely N-dealkylation sites (tertiary alicyclic amines) is 1. The molecule has 8 heteroatoms. The summed E-state index contributed by atoms with van der Waals surface area (Å²) < 4.78 is 0. The van der Waals surface area contributed by atoms with Crippen molar-refractivity contribution in [3.05, 3.63) is 52.1 Å². The zero-order chi connectivity index (χ0) is 20.1. The second kappa shape index (κ2) is 9.37. The molecule has 2 aromatic rings. The van der Waals surface area contributed by atoms with E-state index in [1.165, 1.54) is 0 Å². The Hall–Kier alpha value is -2.15. The van der Waals surface area contributed by atoms with Gasteiger partial charge in [-0.25, -0.2) is 4.98 Å². The number of pyridine rings is 1. The van der Waals surface area contributed by atoms with Crippen molar-refractivity contribution in [1.29, 1.82) is 0 Å². The lowest BCUT2D eigenvalue weighted by molar-refractivity contribution is -0.123. The highest BCUT2D eigenvalue weighted by atomic mass is 35.5. The van der Waals surface area contributed by atoms with Crippen molar-refractivity contribution in [2.75, 3.05) is 30.3 Å². The van der Waals surface area contributed by atoms with Crippen LogP contribution < -0.4 is 10.6 Å². The molecule has 28 heavy (non-hydrogen) atoms. The van der Waals surface area contributed by atoms with Crippen LogP contribution in [0.3, 0.4) is 0 Å². The largest absolute Gasteiger partial charge is 0.324 e. The average Bonchev–Trinajstić information content (AvgIpc) is 2.64. The molecule has 2 N–H and O–H groups in total. The van der Waals surface area contributed by atoms with Crippen molar-refractivity contribution in [1.82, 2.24) is 9.88 Å². The van der Waals surface area contributed by atoms with Crippen LogP contribution in [0.25, 0.3) is 0 Å². The van der Waals surface area contributed by atoms with Crippen molar-refractivity contribution in [3.63, 3.8) is 0 Å². The lowest BCUT2D eigenvalue weighted by Gasteiger charge is -2.31. The minimum Gasteiger partial charge on any atom is -0.324 e. The summed E-state index contributed by atoms with van der Waals surface area (Å²) in [5.41, 5.74) is 1.37. The van der Waals surface area contributed by atoms with Gasteiger partial charge in [0.25, 0.3) is 0 Å². The fourth-order valence-corrected chi connectivity index (χ4v) is 3.69. The maximum Gasteiger partial charge on any atom is 0.238 e. The van der Waals surface area contributed by atoms with E-state index in [9.17, 15) is 9.59 Å². The first kappa shape index (κ1) is 20.6. The maximum absolute atomic E-state index is 12.6. The highest BCUT2D eigenvalue weighted by Crippen LogP contribution is 2.25. The molecule has 0 bridgehead atoms. The Balaban J connectivity index is 1.54. The van der Waals surface area contributed by atoms with Crippen LogP contribution in [0.5, 0.6) is 0 Å². The SMILES string of the molecule is Cc1cccc(NC(=O)C2CCCN(CC(=O)Nc3ccc(Cl)cc3Cl)C2)n1. The number of halogens is 2. The molecule has 1 atom stereocenters. The van der Waals surface area contributed by atoms with E-state index in [-0.39, 0.29) is 24.3 Å². The van der Waals surface area contributed by atoms with Gasteiger partial charge in [0.05, 0.1) is 23.2 Å². The minimum atomic E-state index is -0.178. The zero-order valence-corrected chi connectivity index (χ0v) is 17.1. The molecule has 0 radical (unpaired) electrons. The maximum atomic E-state index is 12.6. The summed E-state index contributed by atoms with van der Waals surface area (Å²) in [5, 5.41) is 6.57. The average molecular weight is 421 g/mol. The number of hydrogen-bond donors (Lipinski definition) is 2. The molecule has 1 saturated heterocycles. The van der Waals surface area contributed by atoms with Gasteiger partial charge in [-0.15, -0.1) is 0 Å². The fraction of sp³-hybridized carbons (Fsp3) is 0.350. The summed E-state index contributed by atoms with van der Waals surface area (Å²) in [6, 6.07) is 10.4.